The lowest BCUT2D eigenvalue weighted by Crippen LogP contribution is -2.44. The molecular formula is C26H54NO6PSSi. The molecule has 0 spiro atoms. The Kier molecular flexibility index (Phi) is 12.9. The first kappa shape index (κ1) is 32.6. The van der Waals surface area contributed by atoms with E-state index in [9.17, 15) is 4.79 Å². The molecule has 1 rings (SSSR count). The van der Waals surface area contributed by atoms with Gasteiger partial charge in [-0.1, -0.05) is 32.5 Å². The maximum absolute atomic E-state index is 13.1. The molecule has 1 aliphatic heterocycles. The summed E-state index contributed by atoms with van der Waals surface area (Å²) in [5, 5.41) is 0.211. The molecule has 5 atom stereocenters. The number of carbonyl (C=O) groups is 1. The first-order valence-electron chi connectivity index (χ1n) is 13.8. The predicted octanol–water partition coefficient (Wildman–Crippen LogP) is 6.86. The van der Waals surface area contributed by atoms with E-state index in [1.54, 1.807) is 7.11 Å². The Morgan fingerprint density at radius 1 is 1.11 bits per heavy atom. The summed E-state index contributed by atoms with van der Waals surface area (Å²) in [5.74, 6) is 0.529. The SMILES string of the molecule is [2H]CC1OC(C)C(OC)C1OP(OCCSC(=O)C(C)(C)CO[Si](C)(C)C(C)(C)C)N(C(C)C)C(C)C. The van der Waals surface area contributed by atoms with Crippen LogP contribution in [0.25, 0.3) is 0 Å². The number of hydrogen-bond donors (Lipinski definition) is 0. The monoisotopic (exact) mass is 568 g/mol. The predicted molar refractivity (Wildman–Crippen MR) is 155 cm³/mol. The molecule has 1 aliphatic rings. The van der Waals surface area contributed by atoms with Crippen LogP contribution < -0.4 is 0 Å². The number of thioether (sulfide) groups is 1. The second-order valence-corrected chi connectivity index (χ2v) is 19.6. The normalized spacial score (nSPS) is 25.2. The minimum atomic E-state index is -1.93. The summed E-state index contributed by atoms with van der Waals surface area (Å²) in [5.41, 5.74) is -0.576. The molecule has 0 aromatic heterocycles. The topological polar surface area (TPSA) is 66.5 Å². The van der Waals surface area contributed by atoms with Gasteiger partial charge in [0.15, 0.2) is 13.4 Å². The first-order chi connectivity index (χ1) is 16.9. The summed E-state index contributed by atoms with van der Waals surface area (Å²) >= 11 is 1.29. The summed E-state index contributed by atoms with van der Waals surface area (Å²) in [6, 6.07) is 0.393. The van der Waals surface area contributed by atoms with E-state index in [0.29, 0.717) is 19.0 Å². The summed E-state index contributed by atoms with van der Waals surface area (Å²) < 4.78 is 41.0. The maximum Gasteiger partial charge on any atom is 0.259 e. The molecule has 0 aromatic carbocycles. The summed E-state index contributed by atoms with van der Waals surface area (Å²) in [7, 11) is -1.72. The molecule has 5 unspecified atom stereocenters. The number of methoxy groups -OCH3 is 1. The lowest BCUT2D eigenvalue weighted by molar-refractivity contribution is -0.119. The van der Waals surface area contributed by atoms with Crippen molar-refractivity contribution >= 4 is 33.7 Å². The van der Waals surface area contributed by atoms with Crippen LogP contribution in [0, 0.1) is 5.41 Å². The Morgan fingerprint density at radius 2 is 1.69 bits per heavy atom. The van der Waals surface area contributed by atoms with Crippen molar-refractivity contribution in [3.05, 3.63) is 0 Å². The van der Waals surface area contributed by atoms with Gasteiger partial charge in [0, 0.05) is 32.9 Å². The van der Waals surface area contributed by atoms with Crippen molar-refractivity contribution in [3.8, 4) is 0 Å². The van der Waals surface area contributed by atoms with Gasteiger partial charge >= 0.3 is 0 Å². The number of ether oxygens (including phenoxy) is 2. The Bertz CT molecular complexity index is 701. The highest BCUT2D eigenvalue weighted by molar-refractivity contribution is 8.13. The van der Waals surface area contributed by atoms with Gasteiger partial charge < -0.3 is 22.9 Å². The third kappa shape index (κ3) is 9.56. The van der Waals surface area contributed by atoms with E-state index < -0.39 is 22.3 Å². The minimum absolute atomic E-state index is 0.0950. The number of rotatable bonds is 14. The van der Waals surface area contributed by atoms with Crippen molar-refractivity contribution in [1.82, 2.24) is 4.67 Å². The molecule has 1 fully saturated rings. The largest absolute Gasteiger partial charge is 0.416 e. The Labute approximate surface area is 229 Å². The van der Waals surface area contributed by atoms with Gasteiger partial charge in [-0.05, 0) is 73.5 Å². The van der Waals surface area contributed by atoms with Crippen LogP contribution in [0.1, 0.15) is 77.5 Å². The van der Waals surface area contributed by atoms with Crippen molar-refractivity contribution < 1.29 is 29.1 Å². The molecule has 1 heterocycles. The average molecular weight is 569 g/mol. The molecule has 10 heteroatoms. The summed E-state index contributed by atoms with van der Waals surface area (Å²) in [6.45, 7) is 26.3. The van der Waals surface area contributed by atoms with E-state index in [4.69, 9.17) is 24.3 Å². The molecule has 0 saturated carbocycles. The molecule has 0 bridgehead atoms. The van der Waals surface area contributed by atoms with Gasteiger partial charge in [0.2, 0.25) is 0 Å². The molecule has 0 N–H and O–H groups in total. The fourth-order valence-electron chi connectivity index (χ4n) is 3.67. The second-order valence-electron chi connectivity index (χ2n) is 12.4. The van der Waals surface area contributed by atoms with Crippen LogP contribution >= 0.6 is 20.3 Å². The smallest absolute Gasteiger partial charge is 0.259 e. The van der Waals surface area contributed by atoms with Gasteiger partial charge in [-0.2, -0.15) is 0 Å². The molecule has 0 radical (unpaired) electrons. The van der Waals surface area contributed by atoms with E-state index in [-0.39, 0.29) is 53.6 Å². The zero-order valence-electron chi connectivity index (χ0n) is 26.0. The molecule has 214 valence electrons. The van der Waals surface area contributed by atoms with Crippen molar-refractivity contribution in [1.29, 1.82) is 0 Å². The third-order valence-corrected chi connectivity index (χ3v) is 14.7. The number of nitrogens with zero attached hydrogens (tertiary/aromatic N) is 1. The van der Waals surface area contributed by atoms with E-state index in [2.05, 4.69) is 66.2 Å². The van der Waals surface area contributed by atoms with Crippen LogP contribution in [0.15, 0.2) is 0 Å². The quantitative estimate of drug-likeness (QED) is 0.128. The van der Waals surface area contributed by atoms with E-state index >= 15 is 0 Å². The lowest BCUT2D eigenvalue weighted by atomic mass is 9.97. The molecular weight excluding hydrogens is 513 g/mol. The van der Waals surface area contributed by atoms with Gasteiger partial charge in [-0.3, -0.25) is 4.79 Å². The van der Waals surface area contributed by atoms with Gasteiger partial charge in [-0.25, -0.2) is 4.67 Å². The number of hydrogen-bond acceptors (Lipinski definition) is 8. The standard InChI is InChI=1S/C26H54NO6PSSi/c1-18(2)27(19(3)4)34(33-23-21(6)32-20(5)22(23)29-12)30-15-16-35-24(28)26(10,11)17-31-36(13,14)25(7,8)9/h18-23H,15-17H2,1-14H3/i6D. The van der Waals surface area contributed by atoms with Crippen LogP contribution in [0.4, 0.5) is 0 Å². The maximum atomic E-state index is 13.1. The Morgan fingerprint density at radius 3 is 2.17 bits per heavy atom. The zero-order valence-corrected chi connectivity index (χ0v) is 27.8. The molecule has 0 aliphatic carbocycles. The van der Waals surface area contributed by atoms with E-state index in [0.717, 1.165) is 0 Å². The molecule has 36 heavy (non-hydrogen) atoms. The van der Waals surface area contributed by atoms with Crippen molar-refractivity contribution in [3.63, 3.8) is 0 Å². The van der Waals surface area contributed by atoms with Gasteiger partial charge in [0.25, 0.3) is 8.53 Å². The van der Waals surface area contributed by atoms with Crippen LogP contribution in [-0.2, 0) is 27.7 Å². The van der Waals surface area contributed by atoms with Crippen LogP contribution in [0.2, 0.25) is 18.1 Å². The van der Waals surface area contributed by atoms with E-state index in [1.807, 2.05) is 20.8 Å². The van der Waals surface area contributed by atoms with Gasteiger partial charge in [-0.15, -0.1) is 0 Å². The van der Waals surface area contributed by atoms with Crippen LogP contribution in [-0.4, -0.2) is 80.7 Å². The summed E-state index contributed by atoms with van der Waals surface area (Å²) in [4.78, 5) is 13.1. The lowest BCUT2D eigenvalue weighted by Gasteiger charge is -2.38. The Balaban J connectivity index is 2.82. The van der Waals surface area contributed by atoms with Gasteiger partial charge in [0.05, 0.1) is 24.2 Å². The first-order valence-corrected chi connectivity index (χ1v) is 18.1. The minimum Gasteiger partial charge on any atom is -0.416 e. The van der Waals surface area contributed by atoms with Crippen molar-refractivity contribution in [2.45, 2.75) is 131 Å². The summed E-state index contributed by atoms with van der Waals surface area (Å²) in [6.07, 6.45) is -1.17. The van der Waals surface area contributed by atoms with Crippen LogP contribution in [0.5, 0.6) is 0 Å². The molecule has 0 amide bonds. The third-order valence-electron chi connectivity index (χ3n) is 6.94. The zero-order chi connectivity index (χ0) is 28.8. The van der Waals surface area contributed by atoms with Crippen molar-refractivity contribution in [2.75, 3.05) is 26.1 Å². The number of carbonyl (C=O) groups excluding carboxylic acids is 1. The molecule has 0 aromatic rings. The van der Waals surface area contributed by atoms with E-state index in [1.165, 1.54) is 11.8 Å². The highest BCUT2D eigenvalue weighted by atomic mass is 32.2. The fourth-order valence-corrected chi connectivity index (χ4v) is 7.52. The van der Waals surface area contributed by atoms with Crippen LogP contribution in [0.3, 0.4) is 0 Å². The fraction of sp³-hybridized carbons (Fsp3) is 0.962. The van der Waals surface area contributed by atoms with Crippen molar-refractivity contribution in [2.24, 2.45) is 5.41 Å². The van der Waals surface area contributed by atoms with Gasteiger partial charge in [0.1, 0.15) is 12.2 Å². The molecule has 1 saturated heterocycles. The average Bonchev–Trinajstić information content (AvgIpc) is 3.07. The highest BCUT2D eigenvalue weighted by Crippen LogP contribution is 2.49. The molecule has 7 nitrogen and oxygen atoms in total. The second kappa shape index (κ2) is 14.2. The highest BCUT2D eigenvalue weighted by Gasteiger charge is 2.45. The Hall–Kier alpha value is 0.427.